The van der Waals surface area contributed by atoms with Crippen LogP contribution < -0.4 is 0 Å². The molecule has 466 valence electrons. The topological polar surface area (TPSA) is 167 Å². The minimum absolute atomic E-state index is 0.132. The largest absolute Gasteiger partial charge is 0.331 e. The molecule has 92 heavy (non-hydrogen) atoms. The third-order valence-corrected chi connectivity index (χ3v) is 16.7. The van der Waals surface area contributed by atoms with Crippen LogP contribution in [0.2, 0.25) is 0 Å². The Kier molecular flexibility index (Phi) is 21.5. The summed E-state index contributed by atoms with van der Waals surface area (Å²) in [5.74, 6) is -1.20. The number of pyridine rings is 3. The van der Waals surface area contributed by atoms with Crippen LogP contribution in [0.15, 0.2) is 237 Å². The first-order valence-corrected chi connectivity index (χ1v) is 31.4. The molecule has 0 saturated heterocycles. The van der Waals surface area contributed by atoms with Crippen LogP contribution in [-0.4, -0.2) is 168 Å². The molecule has 0 atom stereocenters. The smallest absolute Gasteiger partial charge is 0.254 e. The zero-order chi connectivity index (χ0) is 63.4. The van der Waals surface area contributed by atoms with Gasteiger partial charge in [0.2, 0.25) is 0 Å². The summed E-state index contributed by atoms with van der Waals surface area (Å²) in [7, 11) is 0. The fourth-order valence-electron chi connectivity index (χ4n) is 11.6. The molecule has 17 nitrogen and oxygen atoms in total. The van der Waals surface area contributed by atoms with Gasteiger partial charge in [0.25, 0.3) is 35.4 Å². The fraction of sp³-hybridized carbons (Fsp3) is 0.240. The van der Waals surface area contributed by atoms with E-state index in [4.69, 9.17) is 15.0 Å². The average molecular weight is 1230 g/mol. The monoisotopic (exact) mass is 1230 g/mol. The van der Waals surface area contributed by atoms with Crippen LogP contribution in [0.4, 0.5) is 0 Å². The first-order chi connectivity index (χ1) is 45.1. The number of carbonyl (C=O) groups excluding carboxylic acids is 6. The zero-order valence-corrected chi connectivity index (χ0v) is 51.6. The standard InChI is InChI=1S/C75H75N11O6/c87-70(58-22-7-1-8-23-58)81-46-40-79-41-47-82(71(88)59-24-9-2-10-25-59)54-66-36-20-38-68(77-66)56-85(74(91)62-30-15-5-16-31-62)50-44-80(43-49-84(73(90)61-28-13-4-14-29-61)53-65-35-19-34-64(52-81)76-65)45-51-86(75(92)63-32-17-6-18-33-63)57-69-39-21-37-67(78-69)55-83(48-42-79)72(89)60-26-11-3-12-27-60/h1-39H,40-57H2. The molecule has 3 aromatic heterocycles. The van der Waals surface area contributed by atoms with E-state index < -0.39 is 0 Å². The van der Waals surface area contributed by atoms with Gasteiger partial charge in [-0.3, -0.25) is 53.5 Å². The molecule has 6 amide bonds. The quantitative estimate of drug-likeness (QED) is 0.156. The summed E-state index contributed by atoms with van der Waals surface area (Å²) in [4.78, 5) is 120. The SMILES string of the molecule is O=C(c1ccccc1)N1CCN2CCN(C(=O)c3ccccc3)Cc3cccc(n3)CN(C(=O)c3ccccc3)CCN(CCN(C(=O)c3ccccc3)Cc3cccc(n3)C1)CCN(C(=O)c1ccccc1)Cc1cccc(n1)CN(C(=O)c1ccccc1)CC2. The van der Waals surface area contributed by atoms with Crippen LogP contribution >= 0.6 is 0 Å². The number of hydrogen-bond donors (Lipinski definition) is 0. The van der Waals surface area contributed by atoms with E-state index in [0.29, 0.717) is 107 Å². The highest BCUT2D eigenvalue weighted by Crippen LogP contribution is 2.20. The van der Waals surface area contributed by atoms with E-state index in [-0.39, 0.29) is 114 Å². The lowest BCUT2D eigenvalue weighted by atomic mass is 10.1. The Morgan fingerprint density at radius 2 is 0.348 bits per heavy atom. The van der Waals surface area contributed by atoms with E-state index in [2.05, 4.69) is 9.80 Å². The second-order valence-electron chi connectivity index (χ2n) is 23.1. The number of nitrogens with zero attached hydrogens (tertiary/aromatic N) is 11. The third-order valence-electron chi connectivity index (χ3n) is 16.7. The first-order valence-electron chi connectivity index (χ1n) is 31.4. The van der Waals surface area contributed by atoms with Gasteiger partial charge in [-0.1, -0.05) is 127 Å². The predicted molar refractivity (Wildman–Crippen MR) is 353 cm³/mol. The van der Waals surface area contributed by atoms with Crippen molar-refractivity contribution in [3.63, 3.8) is 0 Å². The Labute approximate surface area is 537 Å². The maximum absolute atomic E-state index is 14.9. The second-order valence-corrected chi connectivity index (χ2v) is 23.1. The maximum Gasteiger partial charge on any atom is 0.254 e. The van der Waals surface area contributed by atoms with Crippen molar-refractivity contribution in [2.24, 2.45) is 0 Å². The Morgan fingerprint density at radius 3 is 0.500 bits per heavy atom. The van der Waals surface area contributed by atoms with Gasteiger partial charge in [-0.25, -0.2) is 0 Å². The van der Waals surface area contributed by atoms with Crippen molar-refractivity contribution in [3.8, 4) is 0 Å². The molecule has 12 rings (SSSR count). The Bertz CT molecular complexity index is 3280. The van der Waals surface area contributed by atoms with E-state index >= 15 is 0 Å². The van der Waals surface area contributed by atoms with Gasteiger partial charge in [0.05, 0.1) is 73.4 Å². The molecule has 3 aliphatic rings. The number of amides is 6. The van der Waals surface area contributed by atoms with Crippen molar-refractivity contribution in [1.82, 2.24) is 54.2 Å². The van der Waals surface area contributed by atoms with Crippen LogP contribution in [0, 0.1) is 0 Å². The van der Waals surface area contributed by atoms with Crippen LogP contribution in [0.1, 0.15) is 96.3 Å². The first kappa shape index (κ1) is 63.1. The van der Waals surface area contributed by atoms with E-state index in [9.17, 15) is 28.8 Å². The van der Waals surface area contributed by atoms with Crippen molar-refractivity contribution in [2.75, 3.05) is 78.5 Å². The second kappa shape index (κ2) is 31.3. The minimum atomic E-state index is -0.201. The average Bonchev–Trinajstić information content (AvgIpc) is 3.53. The molecular formula is C75H75N11O6. The van der Waals surface area contributed by atoms with Gasteiger partial charge in [-0.05, 0) is 109 Å². The molecule has 6 aromatic carbocycles. The maximum atomic E-state index is 14.9. The van der Waals surface area contributed by atoms with Gasteiger partial charge in [0.15, 0.2) is 0 Å². The normalized spacial score (nSPS) is 16.7. The van der Waals surface area contributed by atoms with Gasteiger partial charge >= 0.3 is 0 Å². The van der Waals surface area contributed by atoms with Gasteiger partial charge in [0, 0.05) is 112 Å². The van der Waals surface area contributed by atoms with Crippen molar-refractivity contribution in [3.05, 3.63) is 304 Å². The summed E-state index contributed by atoms with van der Waals surface area (Å²) in [5, 5.41) is 0. The lowest BCUT2D eigenvalue weighted by molar-refractivity contribution is 0.0649. The zero-order valence-electron chi connectivity index (χ0n) is 51.6. The van der Waals surface area contributed by atoms with E-state index in [0.717, 1.165) is 0 Å². The molecule has 8 bridgehead atoms. The van der Waals surface area contributed by atoms with Crippen LogP contribution in [-0.2, 0) is 39.3 Å². The molecule has 6 heterocycles. The third kappa shape index (κ3) is 17.1. The molecule has 17 heteroatoms. The number of hydrogen-bond acceptors (Lipinski definition) is 11. The highest BCUT2D eigenvalue weighted by molar-refractivity contribution is 5.97. The highest BCUT2D eigenvalue weighted by Gasteiger charge is 2.28. The van der Waals surface area contributed by atoms with Crippen molar-refractivity contribution >= 4 is 35.4 Å². The van der Waals surface area contributed by atoms with Crippen LogP contribution in [0.3, 0.4) is 0 Å². The molecule has 0 N–H and O–H groups in total. The predicted octanol–water partition coefficient (Wildman–Crippen LogP) is 9.76. The Balaban J connectivity index is 1.06. The van der Waals surface area contributed by atoms with E-state index in [1.807, 2.05) is 164 Å². The van der Waals surface area contributed by atoms with Crippen LogP contribution in [0.5, 0.6) is 0 Å². The molecule has 3 aliphatic heterocycles. The molecule has 9 aromatic rings. The summed E-state index contributed by atoms with van der Waals surface area (Å²) in [6, 6.07) is 72.0. The van der Waals surface area contributed by atoms with E-state index in [1.54, 1.807) is 102 Å². The molecule has 0 saturated carbocycles. The summed E-state index contributed by atoms with van der Waals surface area (Å²) >= 11 is 0. The van der Waals surface area contributed by atoms with Crippen molar-refractivity contribution in [2.45, 2.75) is 39.3 Å². The molecule has 0 spiro atoms. The van der Waals surface area contributed by atoms with E-state index in [1.165, 1.54) is 0 Å². The summed E-state index contributed by atoms with van der Waals surface area (Å²) in [6.07, 6.45) is 0. The number of aromatic nitrogens is 3. The fourth-order valence-corrected chi connectivity index (χ4v) is 11.6. The molecule has 0 radical (unpaired) electrons. The molecule has 0 fully saturated rings. The molecule has 0 aliphatic carbocycles. The molecular weight excluding hydrogens is 1150 g/mol. The Morgan fingerprint density at radius 1 is 0.196 bits per heavy atom. The van der Waals surface area contributed by atoms with Crippen LogP contribution in [0.25, 0.3) is 0 Å². The van der Waals surface area contributed by atoms with Gasteiger partial charge < -0.3 is 29.4 Å². The highest BCUT2D eigenvalue weighted by atomic mass is 16.2. The summed E-state index contributed by atoms with van der Waals surface area (Å²) in [6.45, 7) is 4.15. The number of fused-ring (bicyclic) bond motifs is 18. The summed E-state index contributed by atoms with van der Waals surface area (Å²) < 4.78 is 0. The number of carbonyl (C=O) groups is 6. The van der Waals surface area contributed by atoms with Gasteiger partial charge in [0.1, 0.15) is 0 Å². The number of benzene rings is 6. The van der Waals surface area contributed by atoms with Gasteiger partial charge in [-0.2, -0.15) is 0 Å². The van der Waals surface area contributed by atoms with Gasteiger partial charge in [-0.15, -0.1) is 0 Å². The van der Waals surface area contributed by atoms with Crippen molar-refractivity contribution in [1.29, 1.82) is 0 Å². The lowest BCUT2D eigenvalue weighted by Gasteiger charge is -2.33. The molecule has 0 unspecified atom stereocenters. The lowest BCUT2D eigenvalue weighted by Crippen LogP contribution is -2.46. The minimum Gasteiger partial charge on any atom is -0.331 e. The Hall–Kier alpha value is -10.5. The summed E-state index contributed by atoms with van der Waals surface area (Å²) in [5.41, 5.74) is 6.73. The number of rotatable bonds is 6. The van der Waals surface area contributed by atoms with Crippen molar-refractivity contribution < 1.29 is 28.8 Å².